The van der Waals surface area contributed by atoms with E-state index in [1.165, 1.54) is 217 Å². The Morgan fingerprint density at radius 3 is 0.913 bits per heavy atom. The standard InChI is InChI=1S/C22H28O2.C22H34O.2C22H28O.2C10H14O/c1-4-23-20-10-6-18(7-11-20)19-8-12-21(13-9-19)24-22-14-5-16(2)15-17(22)3;3*1-4-18-6-8-19(9-7-18)20-10-12-21(13-11-20)23-22-14-5-16(2)15-17(22)3;1-4-11-10-6-5-8(2)7-9(10)3;1-4-11-10-7-8(2)5-6-9(10)3/h5,8-9,12-15,18,20H,4,6-7,10-11H2,1-3H3;5,14-15,18-21H,4,6-13H2,1-3H3;5,10-15,18-19H,4,6-9H2,1-3H3;5-9,14-15,20-21H,4,10-13H2,1-3H3;2*5-7H,4H2,1-3H3. The molecule has 0 amide bonds. The maximum absolute atomic E-state index is 6.31. The Bertz CT molecular complexity index is 4280. The summed E-state index contributed by atoms with van der Waals surface area (Å²) < 4.78 is 41.2. The topological polar surface area (TPSA) is 64.6 Å². The van der Waals surface area contributed by atoms with E-state index in [1.807, 2.05) is 26.0 Å². The molecule has 0 spiro atoms. The molecule has 5 saturated carbocycles. The van der Waals surface area contributed by atoms with E-state index >= 15 is 0 Å². The largest absolute Gasteiger partial charge is 0.494 e. The van der Waals surface area contributed by atoms with Crippen molar-refractivity contribution in [3.63, 3.8) is 0 Å². The molecule has 0 unspecified atom stereocenters. The van der Waals surface area contributed by atoms with E-state index in [-0.39, 0.29) is 0 Å². The van der Waals surface area contributed by atoms with E-state index in [0.29, 0.717) is 30.1 Å². The first-order chi connectivity index (χ1) is 55.6. The molecule has 7 heteroatoms. The average Bonchev–Trinajstić information content (AvgIpc) is 0.847. The first-order valence-electron chi connectivity index (χ1n) is 44.9. The molecule has 0 aliphatic heterocycles. The van der Waals surface area contributed by atoms with Gasteiger partial charge in [0.1, 0.15) is 46.0 Å². The van der Waals surface area contributed by atoms with Crippen molar-refractivity contribution in [2.45, 2.75) is 308 Å². The lowest BCUT2D eigenvalue weighted by molar-refractivity contribution is 0.0328. The SMILES string of the molecule is CCC1CCC(C2CCC(Oc3ccc(C)cc3C)CC2)CC1.CCC1CCC(c2ccc(Oc3ccc(C)cc3C)cc2)CC1.CCOC1CCC(c2ccc(Oc3ccc(C)cc3C)cc2)CC1.CCOc1cc(C)ccc1C.CCOc1ccc(C)cc1C.CCc1ccc(C2CCC(Oc3ccc(C)cc3C)CC2)cc1. The normalized spacial score (nSPS) is 21.0. The van der Waals surface area contributed by atoms with Crippen molar-refractivity contribution in [2.75, 3.05) is 19.8 Å². The van der Waals surface area contributed by atoms with Crippen molar-refractivity contribution in [2.24, 2.45) is 23.7 Å². The molecule has 9 aromatic carbocycles. The number of ether oxygens (including phenoxy) is 7. The van der Waals surface area contributed by atoms with Gasteiger partial charge in [0.2, 0.25) is 0 Å². The average molecular weight is 1560 g/mol. The lowest BCUT2D eigenvalue weighted by Gasteiger charge is -2.37. The van der Waals surface area contributed by atoms with Gasteiger partial charge in [0.15, 0.2) is 0 Å². The van der Waals surface area contributed by atoms with Gasteiger partial charge in [-0.1, -0.05) is 196 Å². The number of hydrogen-bond acceptors (Lipinski definition) is 7. The fourth-order valence-electron chi connectivity index (χ4n) is 18.0. The van der Waals surface area contributed by atoms with Crippen LogP contribution in [0.3, 0.4) is 0 Å². The second kappa shape index (κ2) is 47.2. The molecule has 0 bridgehead atoms. The maximum atomic E-state index is 6.31. The molecule has 0 N–H and O–H groups in total. The van der Waals surface area contributed by atoms with Crippen LogP contribution >= 0.6 is 0 Å². The molecular weight excluding hydrogens is 1410 g/mol. The lowest BCUT2D eigenvalue weighted by atomic mass is 9.70. The summed E-state index contributed by atoms with van der Waals surface area (Å²) in [4.78, 5) is 0. The maximum Gasteiger partial charge on any atom is 0.130 e. The van der Waals surface area contributed by atoms with Crippen molar-refractivity contribution in [3.8, 4) is 46.0 Å². The van der Waals surface area contributed by atoms with E-state index in [0.717, 1.165) is 115 Å². The predicted octanol–water partition coefficient (Wildman–Crippen LogP) is 30.8. The zero-order valence-corrected chi connectivity index (χ0v) is 74.3. The molecule has 0 heterocycles. The van der Waals surface area contributed by atoms with E-state index in [2.05, 4.69) is 281 Å². The van der Waals surface area contributed by atoms with Crippen LogP contribution in [0.5, 0.6) is 46.0 Å². The van der Waals surface area contributed by atoms with Gasteiger partial charge in [-0.15, -0.1) is 0 Å². The molecule has 14 rings (SSSR count). The van der Waals surface area contributed by atoms with Gasteiger partial charge in [-0.2, -0.15) is 0 Å². The first kappa shape index (κ1) is 90.7. The summed E-state index contributed by atoms with van der Waals surface area (Å²) in [6.45, 7) is 40.6. The molecule has 0 aromatic heterocycles. The van der Waals surface area contributed by atoms with Gasteiger partial charge in [0.05, 0.1) is 31.5 Å². The van der Waals surface area contributed by atoms with Gasteiger partial charge < -0.3 is 33.2 Å². The van der Waals surface area contributed by atoms with Gasteiger partial charge in [0, 0.05) is 6.61 Å². The Balaban J connectivity index is 0.000000161. The summed E-state index contributed by atoms with van der Waals surface area (Å²) in [6, 6.07) is 64.8. The number of rotatable bonds is 21. The molecule has 9 aromatic rings. The minimum Gasteiger partial charge on any atom is -0.494 e. The third kappa shape index (κ3) is 29.4. The fourth-order valence-corrected chi connectivity index (χ4v) is 18.0. The first-order valence-corrected chi connectivity index (χ1v) is 44.9. The van der Waals surface area contributed by atoms with Crippen LogP contribution in [0, 0.1) is 107 Å². The van der Waals surface area contributed by atoms with Crippen LogP contribution in [0.15, 0.2) is 182 Å². The third-order valence-electron chi connectivity index (χ3n) is 25.2. The third-order valence-corrected chi connectivity index (χ3v) is 25.2. The van der Waals surface area contributed by atoms with Crippen LogP contribution in [0.1, 0.15) is 290 Å². The molecule has 7 nitrogen and oxygen atoms in total. The van der Waals surface area contributed by atoms with Crippen molar-refractivity contribution in [1.29, 1.82) is 0 Å². The summed E-state index contributed by atoms with van der Waals surface area (Å²) in [5.74, 6) is 14.0. The molecule has 5 aliphatic rings. The highest BCUT2D eigenvalue weighted by Gasteiger charge is 2.32. The molecule has 0 saturated heterocycles. The molecule has 0 atom stereocenters. The van der Waals surface area contributed by atoms with Crippen molar-refractivity contribution < 1.29 is 33.2 Å². The minimum atomic E-state index is 0.377. The Kier molecular flexibility index (Phi) is 37.2. The second-order valence-electron chi connectivity index (χ2n) is 34.4. The summed E-state index contributed by atoms with van der Waals surface area (Å²) in [7, 11) is 0. The molecule has 620 valence electrons. The molecule has 5 aliphatic carbocycles. The summed E-state index contributed by atoms with van der Waals surface area (Å²) in [5.41, 5.74) is 20.8. The highest BCUT2D eigenvalue weighted by Crippen LogP contribution is 2.44. The van der Waals surface area contributed by atoms with Gasteiger partial charge in [-0.25, -0.2) is 0 Å². The molecule has 0 radical (unpaired) electrons. The smallest absolute Gasteiger partial charge is 0.130 e. The van der Waals surface area contributed by atoms with E-state index < -0.39 is 0 Å². The summed E-state index contributed by atoms with van der Waals surface area (Å²) in [5, 5.41) is 0. The van der Waals surface area contributed by atoms with Gasteiger partial charge in [-0.05, 0) is 389 Å². The molecular formula is C108H146O7. The molecule has 115 heavy (non-hydrogen) atoms. The number of hydrogen-bond donors (Lipinski definition) is 0. The van der Waals surface area contributed by atoms with Gasteiger partial charge in [-0.3, -0.25) is 0 Å². The van der Waals surface area contributed by atoms with Crippen LogP contribution in [-0.4, -0.2) is 38.1 Å². The van der Waals surface area contributed by atoms with Crippen molar-refractivity contribution in [1.82, 2.24) is 0 Å². The Morgan fingerprint density at radius 1 is 0.252 bits per heavy atom. The highest BCUT2D eigenvalue weighted by atomic mass is 16.5. The number of aryl methyl sites for hydroxylation is 13. The highest BCUT2D eigenvalue weighted by molar-refractivity contribution is 5.44. The van der Waals surface area contributed by atoms with Crippen molar-refractivity contribution >= 4 is 0 Å². The predicted molar refractivity (Wildman–Crippen MR) is 486 cm³/mol. The van der Waals surface area contributed by atoms with Crippen molar-refractivity contribution in [3.05, 3.63) is 271 Å². The molecule has 5 fully saturated rings. The summed E-state index contributed by atoms with van der Waals surface area (Å²) in [6.07, 6.45) is 31.5. The Labute approximate surface area is 697 Å². The van der Waals surface area contributed by atoms with E-state index in [9.17, 15) is 0 Å². The van der Waals surface area contributed by atoms with E-state index in [1.54, 1.807) is 0 Å². The van der Waals surface area contributed by atoms with Crippen LogP contribution in [0.25, 0.3) is 0 Å². The van der Waals surface area contributed by atoms with Crippen LogP contribution < -0.4 is 28.4 Å². The minimum absolute atomic E-state index is 0.377. The lowest BCUT2D eigenvalue weighted by Crippen LogP contribution is -2.30. The van der Waals surface area contributed by atoms with Crippen LogP contribution in [0.4, 0.5) is 0 Å². The second-order valence-corrected chi connectivity index (χ2v) is 34.4. The quantitative estimate of drug-likeness (QED) is 0.0710. The zero-order chi connectivity index (χ0) is 82.2. The van der Waals surface area contributed by atoms with Gasteiger partial charge >= 0.3 is 0 Å². The van der Waals surface area contributed by atoms with Crippen LogP contribution in [-0.2, 0) is 11.2 Å². The Morgan fingerprint density at radius 2 is 0.557 bits per heavy atom. The number of benzene rings is 9. The van der Waals surface area contributed by atoms with E-state index in [4.69, 9.17) is 33.2 Å². The van der Waals surface area contributed by atoms with Crippen LogP contribution in [0.2, 0.25) is 0 Å². The zero-order valence-electron chi connectivity index (χ0n) is 74.3. The van der Waals surface area contributed by atoms with Gasteiger partial charge in [0.25, 0.3) is 0 Å². The monoisotopic (exact) mass is 1560 g/mol. The fraction of sp³-hybridized carbons (Fsp3) is 0.500. The Hall–Kier alpha value is -8.26. The summed E-state index contributed by atoms with van der Waals surface area (Å²) >= 11 is 0.